The summed E-state index contributed by atoms with van der Waals surface area (Å²) < 4.78 is 11.0. The van der Waals surface area contributed by atoms with Crippen LogP contribution in [0.15, 0.2) is 4.52 Å². The second kappa shape index (κ2) is 5.34. The first kappa shape index (κ1) is 12.1. The smallest absolute Gasteiger partial charge is 0.255 e. The van der Waals surface area contributed by atoms with Gasteiger partial charge in [-0.3, -0.25) is 4.90 Å². The molecular formula is C12H20N4O2. The quantitative estimate of drug-likeness (QED) is 0.843. The number of aromatic nitrogens is 2. The van der Waals surface area contributed by atoms with Gasteiger partial charge in [0.2, 0.25) is 0 Å². The Morgan fingerprint density at radius 1 is 1.39 bits per heavy atom. The summed E-state index contributed by atoms with van der Waals surface area (Å²) in [6.45, 7) is 3.70. The molecule has 1 N–H and O–H groups in total. The molecule has 1 aromatic heterocycles. The average molecular weight is 252 g/mol. The van der Waals surface area contributed by atoms with Gasteiger partial charge in [0, 0.05) is 26.2 Å². The van der Waals surface area contributed by atoms with Gasteiger partial charge in [0.1, 0.15) is 6.10 Å². The van der Waals surface area contributed by atoms with E-state index in [0.717, 1.165) is 44.9 Å². The van der Waals surface area contributed by atoms with Crippen molar-refractivity contribution in [1.82, 2.24) is 20.4 Å². The van der Waals surface area contributed by atoms with Crippen molar-refractivity contribution >= 4 is 0 Å². The molecule has 2 unspecified atom stereocenters. The second-order valence-corrected chi connectivity index (χ2v) is 5.05. The molecule has 2 aliphatic rings. The number of hydrogen-bond acceptors (Lipinski definition) is 6. The van der Waals surface area contributed by atoms with Crippen molar-refractivity contribution in [3.05, 3.63) is 11.7 Å². The van der Waals surface area contributed by atoms with E-state index >= 15 is 0 Å². The van der Waals surface area contributed by atoms with Crippen LogP contribution >= 0.6 is 0 Å². The van der Waals surface area contributed by atoms with E-state index in [0.29, 0.717) is 5.89 Å². The maximum absolute atomic E-state index is 5.67. The minimum Gasteiger partial charge on any atom is -0.368 e. The molecule has 0 aliphatic carbocycles. The average Bonchev–Trinajstić information content (AvgIpc) is 2.90. The topological polar surface area (TPSA) is 63.4 Å². The van der Waals surface area contributed by atoms with E-state index in [2.05, 4.69) is 27.4 Å². The molecule has 6 nitrogen and oxygen atoms in total. The fraction of sp³-hybridized carbons (Fsp3) is 0.833. The first-order valence-electron chi connectivity index (χ1n) is 6.70. The SMILES string of the molecule is CN1CCNCC1c1noc(C2CCCCO2)n1. The van der Waals surface area contributed by atoms with Crippen molar-refractivity contribution < 1.29 is 9.26 Å². The molecule has 0 spiro atoms. The van der Waals surface area contributed by atoms with E-state index in [1.807, 2.05) is 0 Å². The lowest BCUT2D eigenvalue weighted by Crippen LogP contribution is -2.44. The molecule has 3 rings (SSSR count). The standard InChI is InChI=1S/C12H20N4O2/c1-16-6-5-13-8-9(16)11-14-12(18-15-11)10-4-2-3-7-17-10/h9-10,13H,2-8H2,1H3. The summed E-state index contributed by atoms with van der Waals surface area (Å²) in [7, 11) is 2.10. The largest absolute Gasteiger partial charge is 0.368 e. The lowest BCUT2D eigenvalue weighted by Gasteiger charge is -2.30. The van der Waals surface area contributed by atoms with Gasteiger partial charge < -0.3 is 14.6 Å². The Bertz CT molecular complexity index is 389. The van der Waals surface area contributed by atoms with Crippen LogP contribution in [0, 0.1) is 0 Å². The number of piperazine rings is 1. The van der Waals surface area contributed by atoms with E-state index in [4.69, 9.17) is 9.26 Å². The van der Waals surface area contributed by atoms with Crippen molar-refractivity contribution in [3.63, 3.8) is 0 Å². The first-order chi connectivity index (χ1) is 8.84. The molecule has 0 bridgehead atoms. The van der Waals surface area contributed by atoms with E-state index in [9.17, 15) is 0 Å². The van der Waals surface area contributed by atoms with Gasteiger partial charge in [0.25, 0.3) is 5.89 Å². The molecule has 18 heavy (non-hydrogen) atoms. The van der Waals surface area contributed by atoms with Crippen LogP contribution in [0.25, 0.3) is 0 Å². The Morgan fingerprint density at radius 2 is 2.33 bits per heavy atom. The summed E-state index contributed by atoms with van der Waals surface area (Å²) >= 11 is 0. The van der Waals surface area contributed by atoms with Crippen molar-refractivity contribution in [3.8, 4) is 0 Å². The van der Waals surface area contributed by atoms with Gasteiger partial charge in [0.15, 0.2) is 5.82 Å². The van der Waals surface area contributed by atoms with Gasteiger partial charge in [-0.25, -0.2) is 0 Å². The van der Waals surface area contributed by atoms with Gasteiger partial charge in [-0.2, -0.15) is 4.98 Å². The molecule has 100 valence electrons. The van der Waals surface area contributed by atoms with Crippen LogP contribution in [-0.4, -0.2) is 48.3 Å². The van der Waals surface area contributed by atoms with Crippen LogP contribution in [0.4, 0.5) is 0 Å². The molecule has 3 heterocycles. The third-order valence-electron chi connectivity index (χ3n) is 3.72. The molecule has 2 saturated heterocycles. The maximum Gasteiger partial charge on any atom is 0.255 e. The van der Waals surface area contributed by atoms with Crippen molar-refractivity contribution in [2.24, 2.45) is 0 Å². The second-order valence-electron chi connectivity index (χ2n) is 5.05. The Balaban J connectivity index is 1.71. The highest BCUT2D eigenvalue weighted by molar-refractivity contribution is 4.99. The first-order valence-corrected chi connectivity index (χ1v) is 6.70. The zero-order chi connectivity index (χ0) is 12.4. The number of hydrogen-bond donors (Lipinski definition) is 1. The summed E-state index contributed by atoms with van der Waals surface area (Å²) in [6, 6.07) is 0.208. The predicted octanol–water partition coefficient (Wildman–Crippen LogP) is 0.887. The Kier molecular flexibility index (Phi) is 3.58. The van der Waals surface area contributed by atoms with E-state index < -0.39 is 0 Å². The molecule has 0 radical (unpaired) electrons. The summed E-state index contributed by atoms with van der Waals surface area (Å²) in [4.78, 5) is 6.78. The normalized spacial score (nSPS) is 30.5. The van der Waals surface area contributed by atoms with Crippen molar-refractivity contribution in [2.75, 3.05) is 33.3 Å². The predicted molar refractivity (Wildman–Crippen MR) is 65.1 cm³/mol. The van der Waals surface area contributed by atoms with Crippen LogP contribution in [0.2, 0.25) is 0 Å². The van der Waals surface area contributed by atoms with Gasteiger partial charge in [-0.05, 0) is 26.3 Å². The Hall–Kier alpha value is -0.980. The van der Waals surface area contributed by atoms with Gasteiger partial charge in [-0.1, -0.05) is 5.16 Å². The summed E-state index contributed by atoms with van der Waals surface area (Å²) in [6.07, 6.45) is 3.29. The highest BCUT2D eigenvalue weighted by Gasteiger charge is 2.28. The lowest BCUT2D eigenvalue weighted by molar-refractivity contribution is -0.00459. The number of nitrogens with one attached hydrogen (secondary N) is 1. The molecule has 2 atom stereocenters. The highest BCUT2D eigenvalue weighted by Crippen LogP contribution is 2.28. The molecule has 0 saturated carbocycles. The minimum atomic E-state index is 0.00172. The number of ether oxygens (including phenoxy) is 1. The van der Waals surface area contributed by atoms with Crippen LogP contribution in [0.5, 0.6) is 0 Å². The van der Waals surface area contributed by atoms with E-state index in [1.54, 1.807) is 0 Å². The zero-order valence-electron chi connectivity index (χ0n) is 10.8. The zero-order valence-corrected chi connectivity index (χ0v) is 10.8. The van der Waals surface area contributed by atoms with Gasteiger partial charge in [-0.15, -0.1) is 0 Å². The molecule has 6 heteroatoms. The van der Waals surface area contributed by atoms with Crippen LogP contribution in [-0.2, 0) is 4.74 Å². The van der Waals surface area contributed by atoms with Crippen LogP contribution in [0.1, 0.15) is 43.1 Å². The van der Waals surface area contributed by atoms with Gasteiger partial charge >= 0.3 is 0 Å². The molecule has 1 aromatic rings. The fourth-order valence-electron chi connectivity index (χ4n) is 2.54. The lowest BCUT2D eigenvalue weighted by atomic mass is 10.1. The molecular weight excluding hydrogens is 232 g/mol. The number of rotatable bonds is 2. The highest BCUT2D eigenvalue weighted by atomic mass is 16.5. The monoisotopic (exact) mass is 252 g/mol. The summed E-state index contributed by atoms with van der Waals surface area (Å²) in [5.41, 5.74) is 0. The molecule has 2 fully saturated rings. The number of likely N-dealkylation sites (N-methyl/N-ethyl adjacent to an activating group) is 1. The summed E-state index contributed by atoms with van der Waals surface area (Å²) in [5, 5.41) is 7.48. The third kappa shape index (κ3) is 2.41. The molecule has 2 aliphatic heterocycles. The molecule has 0 amide bonds. The van der Waals surface area contributed by atoms with Gasteiger partial charge in [0.05, 0.1) is 6.04 Å². The third-order valence-corrected chi connectivity index (χ3v) is 3.72. The van der Waals surface area contributed by atoms with Crippen molar-refractivity contribution in [1.29, 1.82) is 0 Å². The Labute approximate surface area is 107 Å². The molecule has 0 aromatic carbocycles. The minimum absolute atomic E-state index is 0.00172. The van der Waals surface area contributed by atoms with Crippen molar-refractivity contribution in [2.45, 2.75) is 31.4 Å². The Morgan fingerprint density at radius 3 is 3.11 bits per heavy atom. The van der Waals surface area contributed by atoms with E-state index in [1.165, 1.54) is 6.42 Å². The van der Waals surface area contributed by atoms with Crippen LogP contribution in [0.3, 0.4) is 0 Å². The van der Waals surface area contributed by atoms with Crippen LogP contribution < -0.4 is 5.32 Å². The fourth-order valence-corrected chi connectivity index (χ4v) is 2.54. The maximum atomic E-state index is 5.67. The van der Waals surface area contributed by atoms with E-state index in [-0.39, 0.29) is 12.1 Å². The number of nitrogens with zero attached hydrogens (tertiary/aromatic N) is 3. The summed E-state index contributed by atoms with van der Waals surface area (Å²) in [5.74, 6) is 1.41.